The van der Waals surface area contributed by atoms with Gasteiger partial charge in [0.25, 0.3) is 0 Å². The second-order valence-electron chi connectivity index (χ2n) is 7.56. The molecule has 0 spiro atoms. The van der Waals surface area contributed by atoms with E-state index in [2.05, 4.69) is 15.3 Å². The van der Waals surface area contributed by atoms with Crippen molar-refractivity contribution in [2.45, 2.75) is 12.5 Å². The Kier molecular flexibility index (Phi) is 6.58. The largest absolute Gasteiger partial charge is 0.497 e. The minimum Gasteiger partial charge on any atom is -0.497 e. The molecule has 178 valence electrons. The number of esters is 1. The smallest absolute Gasteiger partial charge is 0.340 e. The van der Waals surface area contributed by atoms with Gasteiger partial charge >= 0.3 is 12.0 Å². The minimum atomic E-state index is -0.615. The maximum atomic E-state index is 13.6. The first kappa shape index (κ1) is 23.0. The van der Waals surface area contributed by atoms with Crippen LogP contribution in [0.3, 0.4) is 0 Å². The third-order valence-corrected chi connectivity index (χ3v) is 5.79. The highest BCUT2D eigenvalue weighted by Crippen LogP contribution is 2.37. The summed E-state index contributed by atoms with van der Waals surface area (Å²) < 4.78 is 20.8. The van der Waals surface area contributed by atoms with E-state index in [9.17, 15) is 9.59 Å². The number of carbonyl (C=O) groups is 2. The van der Waals surface area contributed by atoms with Gasteiger partial charge in [0.15, 0.2) is 11.5 Å². The van der Waals surface area contributed by atoms with E-state index in [1.54, 1.807) is 18.3 Å². The molecular weight excluding hydrogens is 440 g/mol. The number of rotatable bonds is 6. The number of imidazole rings is 1. The van der Waals surface area contributed by atoms with Gasteiger partial charge in [0.2, 0.25) is 0 Å². The molecule has 1 atom stereocenters. The van der Waals surface area contributed by atoms with E-state index in [0.29, 0.717) is 30.2 Å². The summed E-state index contributed by atoms with van der Waals surface area (Å²) in [5, 5.41) is 2.85. The van der Waals surface area contributed by atoms with Gasteiger partial charge in [0.1, 0.15) is 11.8 Å². The predicted octanol–water partition coefficient (Wildman–Crippen LogP) is 3.40. The average molecular weight is 466 g/mol. The van der Waals surface area contributed by atoms with E-state index in [-0.39, 0.29) is 11.3 Å². The SMILES string of the molecule is COC(=O)c1cc(OC)c(OC)cc1NC(=O)N1CCc2[nH]cnc2[C@H]1c1ccc(OC)cc1. The van der Waals surface area contributed by atoms with Crippen molar-refractivity contribution in [3.05, 3.63) is 65.2 Å². The molecule has 3 aromatic rings. The number of hydrogen-bond donors (Lipinski definition) is 2. The molecule has 1 aromatic heterocycles. The second kappa shape index (κ2) is 9.74. The number of methoxy groups -OCH3 is 4. The van der Waals surface area contributed by atoms with Crippen molar-refractivity contribution in [1.82, 2.24) is 14.9 Å². The van der Waals surface area contributed by atoms with Crippen LogP contribution in [0.15, 0.2) is 42.7 Å². The number of fused-ring (bicyclic) bond motifs is 1. The zero-order valence-electron chi connectivity index (χ0n) is 19.4. The summed E-state index contributed by atoms with van der Waals surface area (Å²) in [5.74, 6) is 0.809. The first-order valence-electron chi connectivity index (χ1n) is 10.6. The topological polar surface area (TPSA) is 115 Å². The van der Waals surface area contributed by atoms with Crippen LogP contribution in [-0.2, 0) is 11.2 Å². The molecule has 2 aromatic carbocycles. The molecule has 0 radical (unpaired) electrons. The molecule has 0 saturated heterocycles. The number of hydrogen-bond acceptors (Lipinski definition) is 7. The molecule has 2 amide bonds. The monoisotopic (exact) mass is 466 g/mol. The van der Waals surface area contributed by atoms with Crippen molar-refractivity contribution in [2.24, 2.45) is 0 Å². The molecular formula is C24H26N4O6. The summed E-state index contributed by atoms with van der Waals surface area (Å²) in [6, 6.07) is 9.69. The lowest BCUT2D eigenvalue weighted by molar-refractivity contribution is 0.0601. The summed E-state index contributed by atoms with van der Waals surface area (Å²) in [4.78, 5) is 35.3. The van der Waals surface area contributed by atoms with Crippen LogP contribution in [0.25, 0.3) is 0 Å². The van der Waals surface area contributed by atoms with Crippen LogP contribution in [0, 0.1) is 0 Å². The lowest BCUT2D eigenvalue weighted by Gasteiger charge is -2.35. The molecule has 4 rings (SSSR count). The number of H-pyrrole nitrogens is 1. The Hall–Kier alpha value is -4.21. The molecule has 10 nitrogen and oxygen atoms in total. The number of urea groups is 1. The summed E-state index contributed by atoms with van der Waals surface area (Å²) in [6.07, 6.45) is 2.25. The summed E-state index contributed by atoms with van der Waals surface area (Å²) >= 11 is 0. The number of ether oxygens (including phenoxy) is 4. The van der Waals surface area contributed by atoms with Crippen LogP contribution in [0.1, 0.15) is 33.4 Å². The molecule has 0 unspecified atom stereocenters. The number of nitrogens with zero attached hydrogens (tertiary/aromatic N) is 2. The highest BCUT2D eigenvalue weighted by atomic mass is 16.5. The number of nitrogens with one attached hydrogen (secondary N) is 2. The van der Waals surface area contributed by atoms with Gasteiger partial charge in [-0.1, -0.05) is 12.1 Å². The molecule has 0 fully saturated rings. The van der Waals surface area contributed by atoms with Crippen molar-refractivity contribution >= 4 is 17.7 Å². The zero-order chi connectivity index (χ0) is 24.2. The number of amides is 2. The van der Waals surface area contributed by atoms with Gasteiger partial charge in [-0.05, 0) is 17.7 Å². The molecule has 0 bridgehead atoms. The second-order valence-corrected chi connectivity index (χ2v) is 7.56. The summed E-state index contributed by atoms with van der Waals surface area (Å²) in [6.45, 7) is 0.443. The molecule has 10 heteroatoms. The third kappa shape index (κ3) is 4.21. The highest BCUT2D eigenvalue weighted by Gasteiger charge is 2.34. The Morgan fingerprint density at radius 2 is 1.74 bits per heavy atom. The molecule has 2 N–H and O–H groups in total. The Morgan fingerprint density at radius 3 is 2.38 bits per heavy atom. The maximum absolute atomic E-state index is 13.6. The zero-order valence-corrected chi connectivity index (χ0v) is 19.4. The van der Waals surface area contributed by atoms with Crippen LogP contribution in [0.2, 0.25) is 0 Å². The normalized spacial score (nSPS) is 14.7. The van der Waals surface area contributed by atoms with E-state index >= 15 is 0 Å². The number of aromatic amines is 1. The predicted molar refractivity (Wildman–Crippen MR) is 124 cm³/mol. The molecule has 0 saturated carbocycles. The first-order chi connectivity index (χ1) is 16.5. The standard InChI is InChI=1S/C24H26N4O6/c1-31-15-7-5-14(6-8-15)22-21-17(25-13-26-21)9-10-28(22)24(30)27-18-12-20(33-3)19(32-2)11-16(18)23(29)34-4/h5-8,11-13,22H,9-10H2,1-4H3,(H,25,26)(H,27,30)/t22-/m1/s1. The fourth-order valence-corrected chi connectivity index (χ4v) is 4.07. The van der Waals surface area contributed by atoms with Crippen molar-refractivity contribution < 1.29 is 28.5 Å². The Labute approximate surface area is 196 Å². The first-order valence-corrected chi connectivity index (χ1v) is 10.6. The van der Waals surface area contributed by atoms with Crippen molar-refractivity contribution in [3.8, 4) is 17.2 Å². The highest BCUT2D eigenvalue weighted by molar-refractivity contribution is 6.02. The Balaban J connectivity index is 1.71. The Bertz CT molecular complexity index is 1190. The number of benzene rings is 2. The van der Waals surface area contributed by atoms with E-state index in [4.69, 9.17) is 18.9 Å². The van der Waals surface area contributed by atoms with Gasteiger partial charge in [-0.3, -0.25) is 0 Å². The van der Waals surface area contributed by atoms with Gasteiger partial charge in [-0.25, -0.2) is 14.6 Å². The Morgan fingerprint density at radius 1 is 1.03 bits per heavy atom. The molecule has 2 heterocycles. The third-order valence-electron chi connectivity index (χ3n) is 5.79. The summed E-state index contributed by atoms with van der Waals surface area (Å²) in [7, 11) is 5.81. The van der Waals surface area contributed by atoms with Crippen LogP contribution in [-0.4, -0.2) is 61.9 Å². The van der Waals surface area contributed by atoms with Crippen LogP contribution in [0.5, 0.6) is 17.2 Å². The van der Waals surface area contributed by atoms with Crippen LogP contribution < -0.4 is 19.5 Å². The number of carbonyl (C=O) groups excluding carboxylic acids is 2. The summed E-state index contributed by atoms with van der Waals surface area (Å²) in [5.41, 5.74) is 3.02. The van der Waals surface area contributed by atoms with Gasteiger partial charge in [0, 0.05) is 30.8 Å². The molecule has 1 aliphatic rings. The van der Waals surface area contributed by atoms with E-state index in [1.165, 1.54) is 33.5 Å². The molecule has 0 aliphatic carbocycles. The van der Waals surface area contributed by atoms with Gasteiger partial charge in [0.05, 0.1) is 51.7 Å². The lowest BCUT2D eigenvalue weighted by atomic mass is 9.96. The van der Waals surface area contributed by atoms with E-state index < -0.39 is 18.0 Å². The van der Waals surface area contributed by atoms with E-state index in [0.717, 1.165) is 17.0 Å². The van der Waals surface area contributed by atoms with Crippen molar-refractivity contribution in [2.75, 3.05) is 40.3 Å². The van der Waals surface area contributed by atoms with Crippen molar-refractivity contribution in [1.29, 1.82) is 0 Å². The quantitative estimate of drug-likeness (QED) is 0.535. The van der Waals surface area contributed by atoms with Crippen molar-refractivity contribution in [3.63, 3.8) is 0 Å². The lowest BCUT2D eigenvalue weighted by Crippen LogP contribution is -2.43. The van der Waals surface area contributed by atoms with Gasteiger partial charge in [-0.2, -0.15) is 0 Å². The maximum Gasteiger partial charge on any atom is 0.340 e. The van der Waals surface area contributed by atoms with Gasteiger partial charge < -0.3 is 34.1 Å². The fraction of sp³-hybridized carbons (Fsp3) is 0.292. The fourth-order valence-electron chi connectivity index (χ4n) is 4.07. The van der Waals surface area contributed by atoms with Crippen LogP contribution in [0.4, 0.5) is 10.5 Å². The average Bonchev–Trinajstić information content (AvgIpc) is 3.36. The van der Waals surface area contributed by atoms with E-state index in [1.807, 2.05) is 24.3 Å². The number of aromatic nitrogens is 2. The number of anilines is 1. The minimum absolute atomic E-state index is 0.145. The van der Waals surface area contributed by atoms with Crippen LogP contribution >= 0.6 is 0 Å². The molecule has 1 aliphatic heterocycles. The van der Waals surface area contributed by atoms with Gasteiger partial charge in [-0.15, -0.1) is 0 Å². The molecule has 34 heavy (non-hydrogen) atoms.